The molecule has 0 radical (unpaired) electrons. The third kappa shape index (κ3) is 3.78. The Bertz CT molecular complexity index is 234. The van der Waals surface area contributed by atoms with Crippen LogP contribution in [-0.2, 0) is 9.53 Å². The third-order valence-corrected chi connectivity index (χ3v) is 3.37. The van der Waals surface area contributed by atoms with E-state index in [1.165, 1.54) is 20.0 Å². The fraction of sp³-hybridized carbons (Fsp3) is 0.923. The van der Waals surface area contributed by atoms with E-state index >= 15 is 0 Å². The lowest BCUT2D eigenvalue weighted by molar-refractivity contribution is -0.147. The number of nitrogens with zero attached hydrogens (tertiary/aromatic N) is 1. The molecule has 1 saturated carbocycles. The number of hydrogen-bond acceptors (Lipinski definition) is 3. The molecule has 0 bridgehead atoms. The molecule has 3 heteroatoms. The summed E-state index contributed by atoms with van der Waals surface area (Å²) in [6, 6.07) is 0. The summed E-state index contributed by atoms with van der Waals surface area (Å²) in [6.45, 7) is 6.43. The van der Waals surface area contributed by atoms with Gasteiger partial charge in [0.15, 0.2) is 0 Å². The molecule has 1 aliphatic carbocycles. The van der Waals surface area contributed by atoms with E-state index in [1.54, 1.807) is 0 Å². The van der Waals surface area contributed by atoms with E-state index in [4.69, 9.17) is 4.74 Å². The van der Waals surface area contributed by atoms with Crippen LogP contribution < -0.4 is 0 Å². The normalized spacial score (nSPS) is 17.9. The number of hydrogen-bond donors (Lipinski definition) is 0. The first kappa shape index (κ1) is 13.5. The van der Waals surface area contributed by atoms with Crippen molar-refractivity contribution in [3.63, 3.8) is 0 Å². The minimum absolute atomic E-state index is 0.0248. The predicted molar refractivity (Wildman–Crippen MR) is 65.3 cm³/mol. The lowest BCUT2D eigenvalue weighted by Crippen LogP contribution is -2.33. The minimum atomic E-state index is -0.165. The summed E-state index contributed by atoms with van der Waals surface area (Å²) in [7, 11) is 3.59. The second kappa shape index (κ2) is 5.67. The monoisotopic (exact) mass is 227 g/mol. The first-order valence-corrected chi connectivity index (χ1v) is 6.27. The van der Waals surface area contributed by atoms with Crippen molar-refractivity contribution in [2.24, 2.45) is 11.3 Å². The Kier molecular flexibility index (Phi) is 4.78. The van der Waals surface area contributed by atoms with E-state index in [9.17, 15) is 4.79 Å². The standard InChI is InChI=1S/C13H25NO2/c1-11(2)6-5-9-14(3)10-13(7-8-13)12(15)16-4/h11H,5-10H2,1-4H3. The summed E-state index contributed by atoms with van der Waals surface area (Å²) in [5.41, 5.74) is -0.165. The highest BCUT2D eigenvalue weighted by Crippen LogP contribution is 2.47. The fourth-order valence-corrected chi connectivity index (χ4v) is 2.16. The summed E-state index contributed by atoms with van der Waals surface area (Å²) < 4.78 is 4.86. The third-order valence-electron chi connectivity index (χ3n) is 3.37. The Hall–Kier alpha value is -0.570. The van der Waals surface area contributed by atoms with Gasteiger partial charge in [-0.1, -0.05) is 13.8 Å². The minimum Gasteiger partial charge on any atom is -0.469 e. The van der Waals surface area contributed by atoms with Gasteiger partial charge in [0.2, 0.25) is 0 Å². The molecule has 0 saturated heterocycles. The molecule has 0 aliphatic heterocycles. The van der Waals surface area contributed by atoms with Crippen LogP contribution in [0.2, 0.25) is 0 Å². The van der Waals surface area contributed by atoms with Gasteiger partial charge in [-0.15, -0.1) is 0 Å². The quantitative estimate of drug-likeness (QED) is 0.625. The van der Waals surface area contributed by atoms with Gasteiger partial charge in [0, 0.05) is 6.54 Å². The van der Waals surface area contributed by atoms with E-state index in [2.05, 4.69) is 25.8 Å². The van der Waals surface area contributed by atoms with Gasteiger partial charge < -0.3 is 9.64 Å². The van der Waals surface area contributed by atoms with Crippen LogP contribution in [0.5, 0.6) is 0 Å². The Morgan fingerprint density at radius 3 is 2.50 bits per heavy atom. The molecule has 0 spiro atoms. The molecule has 0 amide bonds. The van der Waals surface area contributed by atoms with Gasteiger partial charge >= 0.3 is 5.97 Å². The summed E-state index contributed by atoms with van der Waals surface area (Å²) in [5, 5.41) is 0. The maximum Gasteiger partial charge on any atom is 0.313 e. The molecule has 94 valence electrons. The molecule has 0 N–H and O–H groups in total. The lowest BCUT2D eigenvalue weighted by Gasteiger charge is -2.22. The molecule has 1 fully saturated rings. The van der Waals surface area contributed by atoms with Gasteiger partial charge in [0.05, 0.1) is 12.5 Å². The van der Waals surface area contributed by atoms with Crippen molar-refractivity contribution in [3.05, 3.63) is 0 Å². The van der Waals surface area contributed by atoms with Gasteiger partial charge in [-0.25, -0.2) is 0 Å². The highest BCUT2D eigenvalue weighted by molar-refractivity contribution is 5.80. The highest BCUT2D eigenvalue weighted by atomic mass is 16.5. The summed E-state index contributed by atoms with van der Waals surface area (Å²) in [5.74, 6) is 0.743. The van der Waals surface area contributed by atoms with E-state index in [1.807, 2.05) is 0 Å². The van der Waals surface area contributed by atoms with Crippen LogP contribution in [0.15, 0.2) is 0 Å². The number of ether oxygens (including phenoxy) is 1. The molecular formula is C13H25NO2. The zero-order valence-electron chi connectivity index (χ0n) is 11.1. The second-order valence-electron chi connectivity index (χ2n) is 5.55. The molecule has 16 heavy (non-hydrogen) atoms. The first-order chi connectivity index (χ1) is 7.50. The molecule has 3 nitrogen and oxygen atoms in total. The molecule has 0 atom stereocenters. The molecule has 0 heterocycles. The summed E-state index contributed by atoms with van der Waals surface area (Å²) >= 11 is 0. The van der Waals surface area contributed by atoms with Gasteiger partial charge in [0.1, 0.15) is 0 Å². The van der Waals surface area contributed by atoms with Crippen LogP contribution in [0.25, 0.3) is 0 Å². The predicted octanol–water partition coefficient (Wildman–Crippen LogP) is 2.31. The van der Waals surface area contributed by atoms with Crippen molar-refractivity contribution in [2.75, 3.05) is 27.2 Å². The van der Waals surface area contributed by atoms with Gasteiger partial charge in [0.25, 0.3) is 0 Å². The molecule has 0 aromatic rings. The van der Waals surface area contributed by atoms with Crippen molar-refractivity contribution >= 4 is 5.97 Å². The van der Waals surface area contributed by atoms with Gasteiger partial charge in [-0.3, -0.25) is 4.79 Å². The smallest absolute Gasteiger partial charge is 0.313 e. The Morgan fingerprint density at radius 1 is 1.44 bits per heavy atom. The lowest BCUT2D eigenvalue weighted by atomic mass is 10.1. The second-order valence-corrected chi connectivity index (χ2v) is 5.55. The Balaban J connectivity index is 2.24. The Morgan fingerprint density at radius 2 is 2.06 bits per heavy atom. The zero-order valence-corrected chi connectivity index (χ0v) is 11.1. The number of esters is 1. The van der Waals surface area contributed by atoms with Crippen LogP contribution in [0, 0.1) is 11.3 Å². The largest absolute Gasteiger partial charge is 0.469 e. The van der Waals surface area contributed by atoms with E-state index in [0.717, 1.165) is 31.8 Å². The van der Waals surface area contributed by atoms with Crippen molar-refractivity contribution in [1.82, 2.24) is 4.90 Å². The maximum absolute atomic E-state index is 11.6. The van der Waals surface area contributed by atoms with Crippen molar-refractivity contribution < 1.29 is 9.53 Å². The molecule has 0 unspecified atom stereocenters. The molecule has 1 rings (SSSR count). The highest BCUT2D eigenvalue weighted by Gasteiger charge is 2.51. The molecule has 0 aromatic heterocycles. The average Bonchev–Trinajstić information content (AvgIpc) is 2.97. The molecule has 1 aliphatic rings. The summed E-state index contributed by atoms with van der Waals surface area (Å²) in [4.78, 5) is 13.8. The van der Waals surface area contributed by atoms with Crippen molar-refractivity contribution in [3.8, 4) is 0 Å². The van der Waals surface area contributed by atoms with Crippen LogP contribution in [0.3, 0.4) is 0 Å². The zero-order chi connectivity index (χ0) is 12.2. The number of methoxy groups -OCH3 is 1. The van der Waals surface area contributed by atoms with Crippen LogP contribution >= 0.6 is 0 Å². The van der Waals surface area contributed by atoms with Crippen LogP contribution in [0.4, 0.5) is 0 Å². The van der Waals surface area contributed by atoms with Crippen molar-refractivity contribution in [1.29, 1.82) is 0 Å². The van der Waals surface area contributed by atoms with E-state index < -0.39 is 0 Å². The van der Waals surface area contributed by atoms with E-state index in [-0.39, 0.29) is 11.4 Å². The Labute approximate surface area is 99.1 Å². The van der Waals surface area contributed by atoms with Crippen LogP contribution in [0.1, 0.15) is 39.5 Å². The van der Waals surface area contributed by atoms with Gasteiger partial charge in [-0.05, 0) is 45.2 Å². The fourth-order valence-electron chi connectivity index (χ4n) is 2.16. The molecular weight excluding hydrogens is 202 g/mol. The SMILES string of the molecule is COC(=O)C1(CN(C)CCCC(C)C)CC1. The van der Waals surface area contributed by atoms with Crippen molar-refractivity contribution in [2.45, 2.75) is 39.5 Å². The summed E-state index contributed by atoms with van der Waals surface area (Å²) in [6.07, 6.45) is 4.46. The number of rotatable bonds is 7. The number of carbonyl (C=O) groups is 1. The number of carbonyl (C=O) groups excluding carboxylic acids is 1. The first-order valence-electron chi connectivity index (χ1n) is 6.27. The maximum atomic E-state index is 11.6. The average molecular weight is 227 g/mol. The van der Waals surface area contributed by atoms with E-state index in [0.29, 0.717) is 0 Å². The topological polar surface area (TPSA) is 29.5 Å². The van der Waals surface area contributed by atoms with Crippen LogP contribution in [-0.4, -0.2) is 38.1 Å². The van der Waals surface area contributed by atoms with Gasteiger partial charge in [-0.2, -0.15) is 0 Å². The molecule has 0 aromatic carbocycles.